The van der Waals surface area contributed by atoms with Gasteiger partial charge in [0.05, 0.1) is 16.3 Å². The number of primary amides is 1. The van der Waals surface area contributed by atoms with Crippen LogP contribution >= 0.6 is 11.3 Å². The van der Waals surface area contributed by atoms with E-state index in [2.05, 4.69) is 38.4 Å². The standard InChI is InChI=1S/C26H40N8O5S/c1-7-30-34-24(28)29-12-8-9-17(32-25(38)39-26(4,5)6)20(35)23-31-16-11-10-15(13-18(16)40-23)22(37)33-19(14(2)3)21(27)36/h7,10-11,13-14,17,19,24,29-30,34H,1,8-9,12,28H2,2-6H3,(H2,27,36)(H,32,38)(H,33,37)/t17-,19-,24?/m0/s1. The van der Waals surface area contributed by atoms with E-state index in [9.17, 15) is 19.2 Å². The number of carbonyl (C=O) groups excluding carboxylic acids is 4. The average molecular weight is 577 g/mol. The molecule has 3 amide bonds. The van der Waals surface area contributed by atoms with Crippen molar-refractivity contribution in [3.8, 4) is 0 Å². The van der Waals surface area contributed by atoms with Gasteiger partial charge in [0, 0.05) is 11.8 Å². The number of fused-ring (bicyclic) bond motifs is 1. The summed E-state index contributed by atoms with van der Waals surface area (Å²) in [7, 11) is 0. The summed E-state index contributed by atoms with van der Waals surface area (Å²) in [6.45, 7) is 12.7. The number of thiazole rings is 1. The highest BCUT2D eigenvalue weighted by atomic mass is 32.1. The summed E-state index contributed by atoms with van der Waals surface area (Å²) in [5.74, 6) is -1.66. The molecule has 1 aromatic heterocycles. The Hall–Kier alpha value is -3.59. The molecule has 0 spiro atoms. The van der Waals surface area contributed by atoms with Crippen LogP contribution in [0.1, 0.15) is 67.6 Å². The van der Waals surface area contributed by atoms with E-state index < -0.39 is 41.9 Å². The molecule has 0 fully saturated rings. The Bertz CT molecular complexity index is 1210. The van der Waals surface area contributed by atoms with Gasteiger partial charge in [-0.3, -0.25) is 19.7 Å². The number of hydrogen-bond acceptors (Lipinski definition) is 11. The second-order valence-electron chi connectivity index (χ2n) is 10.4. The Morgan fingerprint density at radius 3 is 2.48 bits per heavy atom. The van der Waals surface area contributed by atoms with Gasteiger partial charge in [-0.2, -0.15) is 0 Å². The van der Waals surface area contributed by atoms with E-state index in [1.54, 1.807) is 52.8 Å². The predicted octanol–water partition coefficient (Wildman–Crippen LogP) is 1.46. The van der Waals surface area contributed by atoms with Crippen molar-refractivity contribution in [2.45, 2.75) is 71.4 Å². The molecule has 13 nitrogen and oxygen atoms in total. The number of nitrogens with two attached hydrogens (primary N) is 2. The van der Waals surface area contributed by atoms with Crippen LogP contribution in [0.3, 0.4) is 0 Å². The van der Waals surface area contributed by atoms with Crippen LogP contribution in [-0.2, 0) is 9.53 Å². The van der Waals surface area contributed by atoms with Crippen LogP contribution < -0.4 is 38.3 Å². The zero-order chi connectivity index (χ0) is 30.0. The first-order valence-electron chi connectivity index (χ1n) is 12.9. The lowest BCUT2D eigenvalue weighted by atomic mass is 10.0. The molecule has 9 N–H and O–H groups in total. The number of ketones is 1. The molecule has 0 aliphatic heterocycles. The molecular formula is C26H40N8O5S. The number of Topliss-reactive ketones (excluding diaryl/α,β-unsaturated/α-hetero) is 1. The molecule has 220 valence electrons. The van der Waals surface area contributed by atoms with Crippen LogP contribution in [0, 0.1) is 5.92 Å². The summed E-state index contributed by atoms with van der Waals surface area (Å²) < 4.78 is 5.95. The fraction of sp³-hybridized carbons (Fsp3) is 0.500. The molecule has 40 heavy (non-hydrogen) atoms. The van der Waals surface area contributed by atoms with Crippen molar-refractivity contribution in [3.05, 3.63) is 41.5 Å². The highest BCUT2D eigenvalue weighted by molar-refractivity contribution is 7.20. The van der Waals surface area contributed by atoms with E-state index >= 15 is 0 Å². The summed E-state index contributed by atoms with van der Waals surface area (Å²) in [4.78, 5) is 54.8. The second-order valence-corrected chi connectivity index (χ2v) is 11.5. The first-order valence-corrected chi connectivity index (χ1v) is 13.7. The molecule has 0 saturated carbocycles. The number of amides is 3. The summed E-state index contributed by atoms with van der Waals surface area (Å²) in [5.41, 5.74) is 16.8. The molecule has 2 aromatic rings. The molecule has 2 rings (SSSR count). The Morgan fingerprint density at radius 2 is 1.88 bits per heavy atom. The number of aromatic nitrogens is 1. The van der Waals surface area contributed by atoms with Gasteiger partial charge in [0.2, 0.25) is 11.7 Å². The summed E-state index contributed by atoms with van der Waals surface area (Å²) >= 11 is 1.10. The van der Waals surface area contributed by atoms with Gasteiger partial charge in [-0.25, -0.2) is 15.2 Å². The third-order valence-electron chi connectivity index (χ3n) is 5.50. The number of rotatable bonds is 15. The van der Waals surface area contributed by atoms with E-state index in [4.69, 9.17) is 16.2 Å². The normalized spacial score (nSPS) is 13.8. The molecule has 0 bridgehead atoms. The van der Waals surface area contributed by atoms with Crippen molar-refractivity contribution in [2.75, 3.05) is 6.54 Å². The highest BCUT2D eigenvalue weighted by Gasteiger charge is 2.28. The first-order chi connectivity index (χ1) is 18.7. The lowest BCUT2D eigenvalue weighted by Crippen LogP contribution is -2.53. The fourth-order valence-corrected chi connectivity index (χ4v) is 4.59. The molecule has 0 aliphatic carbocycles. The maximum Gasteiger partial charge on any atom is 0.408 e. The second kappa shape index (κ2) is 14.7. The molecule has 3 atom stereocenters. The minimum atomic E-state index is -0.905. The molecule has 1 unspecified atom stereocenters. The van der Waals surface area contributed by atoms with Crippen LogP contribution in [0.5, 0.6) is 0 Å². The molecule has 0 saturated heterocycles. The van der Waals surface area contributed by atoms with Gasteiger partial charge < -0.3 is 32.3 Å². The van der Waals surface area contributed by atoms with Crippen molar-refractivity contribution in [1.82, 2.24) is 31.8 Å². The largest absolute Gasteiger partial charge is 0.444 e. The fourth-order valence-electron chi connectivity index (χ4n) is 3.59. The Morgan fingerprint density at radius 1 is 1.18 bits per heavy atom. The maximum absolute atomic E-state index is 13.5. The summed E-state index contributed by atoms with van der Waals surface area (Å²) in [6, 6.07) is 3.06. The Kier molecular flexibility index (Phi) is 12.0. The molecule has 1 aromatic carbocycles. The van der Waals surface area contributed by atoms with Gasteiger partial charge in [-0.15, -0.1) is 11.3 Å². The van der Waals surface area contributed by atoms with Crippen molar-refractivity contribution in [1.29, 1.82) is 0 Å². The van der Waals surface area contributed by atoms with Crippen molar-refractivity contribution >= 4 is 45.2 Å². The van der Waals surface area contributed by atoms with E-state index in [-0.39, 0.29) is 16.7 Å². The van der Waals surface area contributed by atoms with Gasteiger partial charge >= 0.3 is 6.09 Å². The lowest BCUT2D eigenvalue weighted by Gasteiger charge is -2.23. The SMILES string of the molecule is C=CNNC(N)NCCC[C@H](NC(=O)OC(C)(C)C)C(=O)c1nc2ccc(C(=O)N[C@H](C(N)=O)C(C)C)cc2s1. The van der Waals surface area contributed by atoms with Gasteiger partial charge in [0.1, 0.15) is 17.9 Å². The maximum atomic E-state index is 13.5. The number of benzene rings is 1. The number of ether oxygens (including phenoxy) is 1. The van der Waals surface area contributed by atoms with Gasteiger partial charge in [0.15, 0.2) is 5.01 Å². The van der Waals surface area contributed by atoms with Crippen LogP contribution in [0.4, 0.5) is 4.79 Å². The smallest absolute Gasteiger partial charge is 0.408 e. The first kappa shape index (κ1) is 32.6. The summed E-state index contributed by atoms with van der Waals surface area (Å²) in [6.07, 6.45) is 0.960. The molecule has 0 radical (unpaired) electrons. The van der Waals surface area contributed by atoms with Gasteiger partial charge in [-0.05, 0) is 64.3 Å². The van der Waals surface area contributed by atoms with E-state index in [0.29, 0.717) is 35.2 Å². The number of carbonyl (C=O) groups is 4. The lowest BCUT2D eigenvalue weighted by molar-refractivity contribution is -0.120. The average Bonchev–Trinajstić information content (AvgIpc) is 3.29. The Balaban J connectivity index is 2.20. The quantitative estimate of drug-likeness (QED) is 0.0704. The minimum Gasteiger partial charge on any atom is -0.444 e. The molecule has 1 heterocycles. The van der Waals surface area contributed by atoms with Crippen LogP contribution in [0.2, 0.25) is 0 Å². The third kappa shape index (κ3) is 10.2. The minimum absolute atomic E-state index is 0.173. The number of hydrazine groups is 1. The zero-order valence-corrected chi connectivity index (χ0v) is 24.3. The van der Waals surface area contributed by atoms with E-state index in [1.807, 2.05) is 0 Å². The topological polar surface area (TPSA) is 203 Å². The highest BCUT2D eigenvalue weighted by Crippen LogP contribution is 2.25. The van der Waals surface area contributed by atoms with Crippen LogP contribution in [-0.4, -0.2) is 59.2 Å². The Labute approximate surface area is 237 Å². The van der Waals surface area contributed by atoms with Crippen LogP contribution in [0.25, 0.3) is 10.2 Å². The summed E-state index contributed by atoms with van der Waals surface area (Å²) in [5, 5.41) is 8.51. The van der Waals surface area contributed by atoms with Gasteiger partial charge in [0.25, 0.3) is 5.91 Å². The van der Waals surface area contributed by atoms with Gasteiger partial charge in [-0.1, -0.05) is 20.4 Å². The molecular weight excluding hydrogens is 536 g/mol. The monoisotopic (exact) mass is 576 g/mol. The number of nitrogens with one attached hydrogen (secondary N) is 5. The zero-order valence-electron chi connectivity index (χ0n) is 23.5. The third-order valence-corrected chi connectivity index (χ3v) is 6.54. The molecule has 14 heteroatoms. The van der Waals surface area contributed by atoms with Crippen LogP contribution in [0.15, 0.2) is 31.0 Å². The van der Waals surface area contributed by atoms with Crippen molar-refractivity contribution in [3.63, 3.8) is 0 Å². The number of hydrogen-bond donors (Lipinski definition) is 7. The van der Waals surface area contributed by atoms with Crippen molar-refractivity contribution in [2.24, 2.45) is 17.4 Å². The molecule has 0 aliphatic rings. The number of alkyl carbamates (subject to hydrolysis) is 1. The van der Waals surface area contributed by atoms with E-state index in [0.717, 1.165) is 11.3 Å². The predicted molar refractivity (Wildman–Crippen MR) is 154 cm³/mol. The number of nitrogens with zero attached hydrogens (tertiary/aromatic N) is 1. The van der Waals surface area contributed by atoms with Crippen molar-refractivity contribution < 1.29 is 23.9 Å². The van der Waals surface area contributed by atoms with E-state index in [1.165, 1.54) is 6.20 Å².